The summed E-state index contributed by atoms with van der Waals surface area (Å²) < 4.78 is 24.5. The van der Waals surface area contributed by atoms with Crippen LogP contribution in [0.5, 0.6) is 0 Å². The zero-order valence-corrected chi connectivity index (χ0v) is 17.8. The molecule has 2 atom stereocenters. The van der Waals surface area contributed by atoms with Crippen LogP contribution in [0.25, 0.3) is 0 Å². The first-order valence-electron chi connectivity index (χ1n) is 9.89. The molecule has 0 radical (unpaired) electrons. The normalized spacial score (nSPS) is 18.6. The molecule has 0 aliphatic carbocycles. The molecule has 0 spiro atoms. The Kier molecular flexibility index (Phi) is 8.66. The zero-order chi connectivity index (χ0) is 20.6. The maximum atomic E-state index is 13.4. The van der Waals surface area contributed by atoms with E-state index in [9.17, 15) is 4.39 Å². The van der Waals surface area contributed by atoms with Crippen LogP contribution in [0.2, 0.25) is 0 Å². The Hall–Kier alpha value is -1.70. The predicted octanol–water partition coefficient (Wildman–Crippen LogP) is 2.43. The molecule has 158 valence electrons. The third kappa shape index (κ3) is 6.72. The molecule has 2 N–H and O–H groups in total. The van der Waals surface area contributed by atoms with Crippen LogP contribution in [-0.4, -0.2) is 70.5 Å². The molecule has 2 rings (SSSR count). The van der Waals surface area contributed by atoms with E-state index in [-0.39, 0.29) is 23.4 Å². The van der Waals surface area contributed by atoms with E-state index >= 15 is 0 Å². The van der Waals surface area contributed by atoms with Gasteiger partial charge in [-0.3, -0.25) is 9.89 Å². The Morgan fingerprint density at radius 1 is 1.18 bits per heavy atom. The van der Waals surface area contributed by atoms with Crippen LogP contribution in [0.15, 0.2) is 29.3 Å². The van der Waals surface area contributed by atoms with Crippen LogP contribution in [0.3, 0.4) is 0 Å². The highest BCUT2D eigenvalue weighted by molar-refractivity contribution is 5.79. The highest BCUT2D eigenvalue weighted by atomic mass is 19.1. The number of rotatable bonds is 7. The van der Waals surface area contributed by atoms with Gasteiger partial charge in [-0.25, -0.2) is 4.39 Å². The standard InChI is InChI=1S/C21H35FN4O2/c1-21(2,3)19(27-5)15-25-20(23-4)24-14-18(26-10-12-28-13-11-26)16-6-8-17(22)9-7-16/h6-9,18-19H,10-15H2,1-5H3,(H2,23,24,25). The van der Waals surface area contributed by atoms with Crippen molar-refractivity contribution in [1.29, 1.82) is 0 Å². The molecule has 2 unspecified atom stereocenters. The second-order valence-corrected chi connectivity index (χ2v) is 8.14. The fourth-order valence-electron chi connectivity index (χ4n) is 3.38. The Labute approximate surface area is 168 Å². The largest absolute Gasteiger partial charge is 0.379 e. The van der Waals surface area contributed by atoms with Gasteiger partial charge in [-0.15, -0.1) is 0 Å². The number of nitrogens with one attached hydrogen (secondary N) is 2. The molecular formula is C21H35FN4O2. The quantitative estimate of drug-likeness (QED) is 0.550. The third-order valence-electron chi connectivity index (χ3n) is 5.13. The lowest BCUT2D eigenvalue weighted by Crippen LogP contribution is -2.48. The molecule has 0 bridgehead atoms. The van der Waals surface area contributed by atoms with Gasteiger partial charge in [0.1, 0.15) is 5.82 Å². The molecule has 0 aromatic heterocycles. The first-order chi connectivity index (χ1) is 13.3. The molecule has 0 saturated carbocycles. The number of guanidine groups is 1. The van der Waals surface area contributed by atoms with Crippen molar-refractivity contribution in [2.75, 3.05) is 53.6 Å². The molecule has 1 saturated heterocycles. The smallest absolute Gasteiger partial charge is 0.191 e. The Morgan fingerprint density at radius 3 is 2.32 bits per heavy atom. The topological polar surface area (TPSA) is 58.1 Å². The zero-order valence-electron chi connectivity index (χ0n) is 17.8. The van der Waals surface area contributed by atoms with E-state index in [0.29, 0.717) is 26.3 Å². The summed E-state index contributed by atoms with van der Waals surface area (Å²) in [6, 6.07) is 6.86. The Balaban J connectivity index is 2.01. The van der Waals surface area contributed by atoms with Crippen LogP contribution in [0, 0.1) is 11.2 Å². The minimum Gasteiger partial charge on any atom is -0.379 e. The Morgan fingerprint density at radius 2 is 1.79 bits per heavy atom. The van der Waals surface area contributed by atoms with Crippen molar-refractivity contribution in [2.24, 2.45) is 10.4 Å². The summed E-state index contributed by atoms with van der Waals surface area (Å²) in [4.78, 5) is 6.70. The number of benzene rings is 1. The van der Waals surface area contributed by atoms with E-state index in [1.54, 1.807) is 14.2 Å². The van der Waals surface area contributed by atoms with Crippen molar-refractivity contribution < 1.29 is 13.9 Å². The highest BCUT2D eigenvalue weighted by Crippen LogP contribution is 2.22. The Bertz CT molecular complexity index is 610. The maximum Gasteiger partial charge on any atom is 0.191 e. The lowest BCUT2D eigenvalue weighted by molar-refractivity contribution is 0.0165. The SMILES string of the molecule is CN=C(NCC(c1ccc(F)cc1)N1CCOCC1)NCC(OC)C(C)(C)C. The number of nitrogens with zero attached hydrogens (tertiary/aromatic N) is 2. The van der Waals surface area contributed by atoms with Gasteiger partial charge in [0.15, 0.2) is 5.96 Å². The molecule has 1 aliphatic rings. The van der Waals surface area contributed by atoms with Crippen LogP contribution < -0.4 is 10.6 Å². The fraction of sp³-hybridized carbons (Fsp3) is 0.667. The summed E-state index contributed by atoms with van der Waals surface area (Å²) >= 11 is 0. The number of halogens is 1. The van der Waals surface area contributed by atoms with Crippen LogP contribution in [0.4, 0.5) is 4.39 Å². The van der Waals surface area contributed by atoms with Crippen molar-refractivity contribution in [1.82, 2.24) is 15.5 Å². The number of ether oxygens (including phenoxy) is 2. The van der Waals surface area contributed by atoms with E-state index in [1.165, 1.54) is 12.1 Å². The van der Waals surface area contributed by atoms with Gasteiger partial charge in [-0.1, -0.05) is 32.9 Å². The number of morpholine rings is 1. The van der Waals surface area contributed by atoms with E-state index in [1.807, 2.05) is 12.1 Å². The summed E-state index contributed by atoms with van der Waals surface area (Å²) in [5, 5.41) is 6.77. The molecule has 1 fully saturated rings. The minimum atomic E-state index is -0.220. The number of aliphatic imine (C=N–C) groups is 1. The summed E-state index contributed by atoms with van der Waals surface area (Å²) in [5.74, 6) is 0.509. The molecule has 1 aromatic rings. The van der Waals surface area contributed by atoms with E-state index in [2.05, 4.69) is 41.3 Å². The molecule has 1 aromatic carbocycles. The van der Waals surface area contributed by atoms with Crippen molar-refractivity contribution >= 4 is 5.96 Å². The molecule has 1 heterocycles. The van der Waals surface area contributed by atoms with Gasteiger partial charge in [0, 0.05) is 40.3 Å². The maximum absolute atomic E-state index is 13.4. The van der Waals surface area contributed by atoms with E-state index < -0.39 is 0 Å². The lowest BCUT2D eigenvalue weighted by atomic mass is 9.89. The van der Waals surface area contributed by atoms with Gasteiger partial charge < -0.3 is 20.1 Å². The van der Waals surface area contributed by atoms with E-state index in [4.69, 9.17) is 9.47 Å². The fourth-order valence-corrected chi connectivity index (χ4v) is 3.38. The number of hydrogen-bond donors (Lipinski definition) is 2. The number of hydrogen-bond acceptors (Lipinski definition) is 4. The molecule has 7 heteroatoms. The van der Waals surface area contributed by atoms with Gasteiger partial charge in [0.2, 0.25) is 0 Å². The summed E-state index contributed by atoms with van der Waals surface area (Å²) in [6.07, 6.45) is 0.0678. The first-order valence-corrected chi connectivity index (χ1v) is 9.89. The molecule has 6 nitrogen and oxygen atoms in total. The van der Waals surface area contributed by atoms with Crippen molar-refractivity contribution in [3.05, 3.63) is 35.6 Å². The minimum absolute atomic E-state index is 0.0328. The average Bonchev–Trinajstić information content (AvgIpc) is 2.68. The van der Waals surface area contributed by atoms with Crippen LogP contribution in [0.1, 0.15) is 32.4 Å². The second kappa shape index (κ2) is 10.7. The van der Waals surface area contributed by atoms with Crippen LogP contribution >= 0.6 is 0 Å². The van der Waals surface area contributed by atoms with E-state index in [0.717, 1.165) is 24.6 Å². The first kappa shape index (κ1) is 22.6. The molecule has 1 aliphatic heterocycles. The monoisotopic (exact) mass is 394 g/mol. The molecular weight excluding hydrogens is 359 g/mol. The van der Waals surface area contributed by atoms with Crippen molar-refractivity contribution in [3.63, 3.8) is 0 Å². The summed E-state index contributed by atoms with van der Waals surface area (Å²) in [6.45, 7) is 10.9. The molecule has 0 amide bonds. The van der Waals surface area contributed by atoms with Crippen molar-refractivity contribution in [3.8, 4) is 0 Å². The van der Waals surface area contributed by atoms with Crippen LogP contribution in [-0.2, 0) is 9.47 Å². The lowest BCUT2D eigenvalue weighted by Gasteiger charge is -2.35. The average molecular weight is 395 g/mol. The van der Waals surface area contributed by atoms with Gasteiger partial charge in [-0.05, 0) is 23.1 Å². The van der Waals surface area contributed by atoms with Crippen molar-refractivity contribution in [2.45, 2.75) is 32.9 Å². The van der Waals surface area contributed by atoms with Gasteiger partial charge >= 0.3 is 0 Å². The summed E-state index contributed by atoms with van der Waals surface area (Å²) in [5.41, 5.74) is 1.11. The third-order valence-corrected chi connectivity index (χ3v) is 5.13. The van der Waals surface area contributed by atoms with Gasteiger partial charge in [0.05, 0.1) is 25.4 Å². The predicted molar refractivity (Wildman–Crippen MR) is 111 cm³/mol. The van der Waals surface area contributed by atoms with Gasteiger partial charge in [-0.2, -0.15) is 0 Å². The number of methoxy groups -OCH3 is 1. The van der Waals surface area contributed by atoms with Gasteiger partial charge in [0.25, 0.3) is 0 Å². The molecule has 28 heavy (non-hydrogen) atoms. The summed E-state index contributed by atoms with van der Waals surface area (Å²) in [7, 11) is 3.49. The highest BCUT2D eigenvalue weighted by Gasteiger charge is 2.25. The second-order valence-electron chi connectivity index (χ2n) is 8.14.